The number of ether oxygens (including phenoxy) is 2. The van der Waals surface area contributed by atoms with Crippen LogP contribution in [0, 0.1) is 0 Å². The van der Waals surface area contributed by atoms with Crippen molar-refractivity contribution in [2.45, 2.75) is 32.6 Å². The molecule has 0 amide bonds. The van der Waals surface area contributed by atoms with E-state index < -0.39 is 0 Å². The molecule has 1 fully saturated rings. The molecule has 4 nitrogen and oxygen atoms in total. The molecule has 112 valence electrons. The average Bonchev–Trinajstić information content (AvgIpc) is 2.94. The molecule has 0 radical (unpaired) electrons. The van der Waals surface area contributed by atoms with Crippen LogP contribution < -0.4 is 15.2 Å². The highest BCUT2D eigenvalue weighted by Gasteiger charge is 2.14. The number of hydrogen-bond acceptors (Lipinski definition) is 4. The van der Waals surface area contributed by atoms with Crippen LogP contribution in [-0.4, -0.2) is 38.3 Å². The van der Waals surface area contributed by atoms with Crippen molar-refractivity contribution in [2.75, 3.05) is 39.1 Å². The minimum Gasteiger partial charge on any atom is -0.493 e. The van der Waals surface area contributed by atoms with Crippen LogP contribution in [0.3, 0.4) is 0 Å². The maximum atomic E-state index is 5.95. The molecule has 2 N–H and O–H groups in total. The second-order valence-corrected chi connectivity index (χ2v) is 5.30. The first-order valence-corrected chi connectivity index (χ1v) is 7.56. The smallest absolute Gasteiger partial charge is 0.164 e. The zero-order valence-electron chi connectivity index (χ0n) is 12.7. The van der Waals surface area contributed by atoms with E-state index in [9.17, 15) is 0 Å². The summed E-state index contributed by atoms with van der Waals surface area (Å²) in [5.41, 5.74) is 7.84. The number of aryl methyl sites for hydroxylation is 1. The molecular formula is C16H26N2O2. The van der Waals surface area contributed by atoms with Gasteiger partial charge in [0.05, 0.1) is 13.7 Å². The lowest BCUT2D eigenvalue weighted by Gasteiger charge is -2.17. The van der Waals surface area contributed by atoms with Gasteiger partial charge in [-0.15, -0.1) is 0 Å². The van der Waals surface area contributed by atoms with Crippen molar-refractivity contribution >= 4 is 5.69 Å². The third kappa shape index (κ3) is 3.79. The summed E-state index contributed by atoms with van der Waals surface area (Å²) in [5, 5.41) is 0. The number of likely N-dealkylation sites (tertiary alicyclic amines) is 1. The molecule has 0 atom stereocenters. The summed E-state index contributed by atoms with van der Waals surface area (Å²) in [7, 11) is 1.66. The zero-order chi connectivity index (χ0) is 14.4. The lowest BCUT2D eigenvalue weighted by atomic mass is 10.1. The van der Waals surface area contributed by atoms with E-state index in [0.29, 0.717) is 6.61 Å². The Bertz CT molecular complexity index is 429. The van der Waals surface area contributed by atoms with E-state index in [2.05, 4.69) is 4.90 Å². The van der Waals surface area contributed by atoms with Crippen molar-refractivity contribution in [3.63, 3.8) is 0 Å². The lowest BCUT2D eigenvalue weighted by Crippen LogP contribution is -2.20. The van der Waals surface area contributed by atoms with Gasteiger partial charge in [0.2, 0.25) is 0 Å². The van der Waals surface area contributed by atoms with Crippen LogP contribution in [-0.2, 0) is 6.42 Å². The van der Waals surface area contributed by atoms with Gasteiger partial charge in [-0.2, -0.15) is 0 Å². The number of methoxy groups -OCH3 is 1. The lowest BCUT2D eigenvalue weighted by molar-refractivity contribution is 0.304. The molecule has 1 aliphatic rings. The van der Waals surface area contributed by atoms with Crippen LogP contribution in [0.1, 0.15) is 31.7 Å². The van der Waals surface area contributed by atoms with E-state index in [-0.39, 0.29) is 0 Å². The fraction of sp³-hybridized carbons (Fsp3) is 0.625. The van der Waals surface area contributed by atoms with E-state index in [1.54, 1.807) is 7.11 Å². The molecule has 1 saturated heterocycles. The van der Waals surface area contributed by atoms with Crippen LogP contribution in [0.15, 0.2) is 12.1 Å². The van der Waals surface area contributed by atoms with Gasteiger partial charge in [-0.1, -0.05) is 0 Å². The Labute approximate surface area is 121 Å². The van der Waals surface area contributed by atoms with Crippen molar-refractivity contribution in [1.29, 1.82) is 0 Å². The molecule has 0 spiro atoms. The van der Waals surface area contributed by atoms with E-state index in [1.807, 2.05) is 19.1 Å². The zero-order valence-corrected chi connectivity index (χ0v) is 12.7. The highest BCUT2D eigenvalue weighted by atomic mass is 16.5. The van der Waals surface area contributed by atoms with Gasteiger partial charge in [0, 0.05) is 17.3 Å². The molecular weight excluding hydrogens is 252 g/mol. The predicted molar refractivity (Wildman–Crippen MR) is 82.6 cm³/mol. The van der Waals surface area contributed by atoms with Gasteiger partial charge in [-0.25, -0.2) is 0 Å². The van der Waals surface area contributed by atoms with Gasteiger partial charge in [0.1, 0.15) is 0 Å². The van der Waals surface area contributed by atoms with Gasteiger partial charge < -0.3 is 20.1 Å². The van der Waals surface area contributed by atoms with Crippen LogP contribution in [0.4, 0.5) is 5.69 Å². The van der Waals surface area contributed by atoms with Gasteiger partial charge >= 0.3 is 0 Å². The Balaban J connectivity index is 2.02. The fourth-order valence-electron chi connectivity index (χ4n) is 2.83. The van der Waals surface area contributed by atoms with Crippen molar-refractivity contribution in [1.82, 2.24) is 4.90 Å². The summed E-state index contributed by atoms with van der Waals surface area (Å²) in [5.74, 6) is 1.59. The number of hydrogen-bond donors (Lipinski definition) is 1. The minimum absolute atomic E-state index is 0.638. The van der Waals surface area contributed by atoms with Crippen molar-refractivity contribution in [2.24, 2.45) is 0 Å². The standard InChI is InChI=1S/C16H26N2O2/c1-3-20-16-13(11-14(17)12-15(16)19-2)7-6-10-18-8-4-5-9-18/h11-12H,3-10,17H2,1-2H3. The number of anilines is 1. The SMILES string of the molecule is CCOc1c(CCCN2CCCC2)cc(N)cc1OC. The summed E-state index contributed by atoms with van der Waals surface area (Å²) < 4.78 is 11.1. The first-order chi connectivity index (χ1) is 9.74. The maximum absolute atomic E-state index is 5.95. The third-order valence-electron chi connectivity index (χ3n) is 3.78. The van der Waals surface area contributed by atoms with E-state index in [0.717, 1.165) is 42.1 Å². The van der Waals surface area contributed by atoms with Crippen LogP contribution in [0.25, 0.3) is 0 Å². The van der Waals surface area contributed by atoms with Crippen LogP contribution in [0.5, 0.6) is 11.5 Å². The second-order valence-electron chi connectivity index (χ2n) is 5.30. The summed E-state index contributed by atoms with van der Waals surface area (Å²) >= 11 is 0. The monoisotopic (exact) mass is 278 g/mol. The van der Waals surface area contributed by atoms with Crippen molar-refractivity contribution < 1.29 is 9.47 Å². The number of benzene rings is 1. The topological polar surface area (TPSA) is 47.7 Å². The fourth-order valence-corrected chi connectivity index (χ4v) is 2.83. The first-order valence-electron chi connectivity index (χ1n) is 7.56. The Hall–Kier alpha value is -1.42. The molecule has 1 aromatic rings. The van der Waals surface area contributed by atoms with Gasteiger partial charge in [0.25, 0.3) is 0 Å². The van der Waals surface area contributed by atoms with E-state index in [4.69, 9.17) is 15.2 Å². The van der Waals surface area contributed by atoms with Gasteiger partial charge in [0.15, 0.2) is 11.5 Å². The third-order valence-corrected chi connectivity index (χ3v) is 3.78. The first kappa shape index (κ1) is 15.0. The minimum atomic E-state index is 0.638. The molecule has 0 unspecified atom stereocenters. The highest BCUT2D eigenvalue weighted by molar-refractivity contribution is 5.57. The Morgan fingerprint density at radius 1 is 1.25 bits per heavy atom. The largest absolute Gasteiger partial charge is 0.493 e. The molecule has 0 aliphatic carbocycles. The molecule has 1 heterocycles. The molecule has 2 rings (SSSR count). The van der Waals surface area contributed by atoms with Crippen molar-refractivity contribution in [3.05, 3.63) is 17.7 Å². The molecule has 20 heavy (non-hydrogen) atoms. The average molecular weight is 278 g/mol. The maximum Gasteiger partial charge on any atom is 0.164 e. The Morgan fingerprint density at radius 3 is 2.65 bits per heavy atom. The van der Waals surface area contributed by atoms with Crippen molar-refractivity contribution in [3.8, 4) is 11.5 Å². The molecule has 0 saturated carbocycles. The molecule has 0 aromatic heterocycles. The summed E-state index contributed by atoms with van der Waals surface area (Å²) in [4.78, 5) is 2.53. The van der Waals surface area contributed by atoms with E-state index in [1.165, 1.54) is 25.9 Å². The van der Waals surface area contributed by atoms with Crippen LogP contribution >= 0.6 is 0 Å². The normalized spacial score (nSPS) is 15.5. The molecule has 4 heteroatoms. The number of rotatable bonds is 7. The quantitative estimate of drug-likeness (QED) is 0.779. The number of nitrogens with two attached hydrogens (primary N) is 1. The molecule has 1 aliphatic heterocycles. The summed E-state index contributed by atoms with van der Waals surface area (Å²) in [6, 6.07) is 3.84. The van der Waals surface area contributed by atoms with Gasteiger partial charge in [-0.3, -0.25) is 0 Å². The molecule has 0 bridgehead atoms. The highest BCUT2D eigenvalue weighted by Crippen LogP contribution is 2.34. The number of nitrogen functional groups attached to an aromatic ring is 1. The van der Waals surface area contributed by atoms with Gasteiger partial charge in [-0.05, 0) is 58.3 Å². The summed E-state index contributed by atoms with van der Waals surface area (Å²) in [6.07, 6.45) is 4.80. The number of nitrogens with zero attached hydrogens (tertiary/aromatic N) is 1. The van der Waals surface area contributed by atoms with Crippen LogP contribution in [0.2, 0.25) is 0 Å². The Morgan fingerprint density at radius 2 is 2.00 bits per heavy atom. The summed E-state index contributed by atoms with van der Waals surface area (Å²) in [6.45, 7) is 6.28. The second kappa shape index (κ2) is 7.39. The Kier molecular flexibility index (Phi) is 5.53. The van der Waals surface area contributed by atoms with E-state index >= 15 is 0 Å². The predicted octanol–water partition coefficient (Wildman–Crippen LogP) is 2.70. The molecule has 1 aromatic carbocycles.